The van der Waals surface area contributed by atoms with E-state index in [1.54, 1.807) is 6.08 Å². The standard InChI is InChI=1S/C14H15BrN2O4/c1-2-3-20-13-10-5-9(4-8(10)7-21-13)17-6-11(15)12(18)16-14(17)19/h2,5-6,8-9,13H,1,3-4,7H2,(H,16,18,19)/t8-,9-,13-/m1/s1. The third-order valence-corrected chi connectivity index (χ3v) is 4.32. The van der Waals surface area contributed by atoms with E-state index in [9.17, 15) is 9.59 Å². The zero-order valence-electron chi connectivity index (χ0n) is 11.3. The lowest BCUT2D eigenvalue weighted by atomic mass is 10.0. The van der Waals surface area contributed by atoms with Gasteiger partial charge in [0, 0.05) is 12.1 Å². The van der Waals surface area contributed by atoms with E-state index in [-0.39, 0.29) is 18.2 Å². The second-order valence-electron chi connectivity index (χ2n) is 5.10. The number of ether oxygens (including phenoxy) is 2. The maximum atomic E-state index is 11.9. The van der Waals surface area contributed by atoms with Gasteiger partial charge in [0.2, 0.25) is 0 Å². The molecule has 3 rings (SSSR count). The number of rotatable bonds is 4. The molecule has 1 aromatic heterocycles. The van der Waals surface area contributed by atoms with Gasteiger partial charge in [0.15, 0.2) is 6.29 Å². The van der Waals surface area contributed by atoms with Gasteiger partial charge in [-0.05, 0) is 27.9 Å². The molecule has 0 saturated carbocycles. The lowest BCUT2D eigenvalue weighted by molar-refractivity contribution is -0.0847. The molecule has 2 aliphatic rings. The number of fused-ring (bicyclic) bond motifs is 1. The van der Waals surface area contributed by atoms with Gasteiger partial charge in [-0.3, -0.25) is 14.3 Å². The molecule has 21 heavy (non-hydrogen) atoms. The van der Waals surface area contributed by atoms with Crippen LogP contribution in [0.4, 0.5) is 0 Å². The van der Waals surface area contributed by atoms with E-state index in [1.165, 1.54) is 10.8 Å². The minimum atomic E-state index is -0.419. The first-order valence-electron chi connectivity index (χ1n) is 6.67. The fraction of sp³-hybridized carbons (Fsp3) is 0.429. The summed E-state index contributed by atoms with van der Waals surface area (Å²) in [5.41, 5.74) is 0.239. The number of hydrogen-bond acceptors (Lipinski definition) is 4. The first kappa shape index (κ1) is 14.5. The molecule has 1 fully saturated rings. The van der Waals surface area contributed by atoms with Gasteiger partial charge in [-0.1, -0.05) is 12.2 Å². The summed E-state index contributed by atoms with van der Waals surface area (Å²) in [5, 5.41) is 0. The Morgan fingerprint density at radius 2 is 2.38 bits per heavy atom. The quantitative estimate of drug-likeness (QED) is 0.828. The SMILES string of the molecule is C=CCO[C@@H]1OC[C@H]2C[C@@H](n3cc(Br)c(=O)[nH]c3=O)C=C21. The molecule has 0 unspecified atom stereocenters. The van der Waals surface area contributed by atoms with Crippen molar-refractivity contribution < 1.29 is 9.47 Å². The summed E-state index contributed by atoms with van der Waals surface area (Å²) in [4.78, 5) is 25.6. The van der Waals surface area contributed by atoms with Gasteiger partial charge in [-0.2, -0.15) is 0 Å². The summed E-state index contributed by atoms with van der Waals surface area (Å²) in [5.74, 6) is 0.252. The topological polar surface area (TPSA) is 73.3 Å². The van der Waals surface area contributed by atoms with Gasteiger partial charge in [0.05, 0.1) is 23.7 Å². The predicted octanol–water partition coefficient (Wildman–Crippen LogP) is 1.35. The molecule has 1 aliphatic heterocycles. The molecule has 0 spiro atoms. The molecule has 0 amide bonds. The number of H-pyrrole nitrogens is 1. The highest BCUT2D eigenvalue weighted by molar-refractivity contribution is 9.10. The average Bonchev–Trinajstić information content (AvgIpc) is 3.01. The Hall–Kier alpha value is -1.44. The third-order valence-electron chi connectivity index (χ3n) is 3.75. The van der Waals surface area contributed by atoms with E-state index in [0.717, 1.165) is 12.0 Å². The van der Waals surface area contributed by atoms with Crippen molar-refractivity contribution >= 4 is 15.9 Å². The summed E-state index contributed by atoms with van der Waals surface area (Å²) < 4.78 is 13.0. The lowest BCUT2D eigenvalue weighted by Gasteiger charge is -2.14. The van der Waals surface area contributed by atoms with Crippen LogP contribution in [-0.2, 0) is 9.47 Å². The highest BCUT2D eigenvalue weighted by Crippen LogP contribution is 2.40. The van der Waals surface area contributed by atoms with Crippen LogP contribution in [0, 0.1) is 5.92 Å². The van der Waals surface area contributed by atoms with Gasteiger partial charge in [0.1, 0.15) is 0 Å². The number of hydrogen-bond donors (Lipinski definition) is 1. The third kappa shape index (κ3) is 2.68. The highest BCUT2D eigenvalue weighted by atomic mass is 79.9. The number of nitrogens with zero attached hydrogens (tertiary/aromatic N) is 1. The normalized spacial score (nSPS) is 27.5. The maximum Gasteiger partial charge on any atom is 0.328 e. The molecular weight excluding hydrogens is 340 g/mol. The molecule has 1 aliphatic carbocycles. The fourth-order valence-electron chi connectivity index (χ4n) is 2.79. The van der Waals surface area contributed by atoms with E-state index in [1.807, 2.05) is 6.08 Å². The van der Waals surface area contributed by atoms with Gasteiger partial charge < -0.3 is 9.47 Å². The molecule has 3 atom stereocenters. The Kier molecular flexibility index (Phi) is 3.97. The van der Waals surface area contributed by atoms with Crippen molar-refractivity contribution in [1.29, 1.82) is 0 Å². The summed E-state index contributed by atoms with van der Waals surface area (Å²) in [6.07, 6.45) is 5.61. The smallest absolute Gasteiger partial charge is 0.328 e. The first-order chi connectivity index (χ1) is 10.1. The van der Waals surface area contributed by atoms with Crippen LogP contribution in [0.15, 0.2) is 44.6 Å². The maximum absolute atomic E-state index is 11.9. The molecule has 0 radical (unpaired) electrons. The first-order valence-corrected chi connectivity index (χ1v) is 7.46. The van der Waals surface area contributed by atoms with Crippen molar-refractivity contribution in [1.82, 2.24) is 9.55 Å². The van der Waals surface area contributed by atoms with Crippen LogP contribution < -0.4 is 11.2 Å². The van der Waals surface area contributed by atoms with Gasteiger partial charge >= 0.3 is 5.69 Å². The highest BCUT2D eigenvalue weighted by Gasteiger charge is 2.38. The fourth-order valence-corrected chi connectivity index (χ4v) is 3.11. The molecular formula is C14H15BrN2O4. The summed E-state index contributed by atoms with van der Waals surface area (Å²) in [7, 11) is 0. The Bertz CT molecular complexity index is 706. The van der Waals surface area contributed by atoms with Gasteiger partial charge in [-0.15, -0.1) is 6.58 Å². The largest absolute Gasteiger partial charge is 0.348 e. The van der Waals surface area contributed by atoms with E-state index in [2.05, 4.69) is 27.5 Å². The Morgan fingerprint density at radius 3 is 3.14 bits per heavy atom. The van der Waals surface area contributed by atoms with Crippen molar-refractivity contribution in [2.24, 2.45) is 5.92 Å². The van der Waals surface area contributed by atoms with Crippen molar-refractivity contribution in [2.75, 3.05) is 13.2 Å². The average molecular weight is 355 g/mol. The zero-order valence-corrected chi connectivity index (χ0v) is 12.8. The molecule has 1 N–H and O–H groups in total. The number of halogens is 1. The molecule has 7 heteroatoms. The van der Waals surface area contributed by atoms with Crippen molar-refractivity contribution in [3.8, 4) is 0 Å². The zero-order chi connectivity index (χ0) is 15.0. The minimum absolute atomic E-state index is 0.0932. The number of aromatic nitrogens is 2. The second kappa shape index (κ2) is 5.75. The minimum Gasteiger partial charge on any atom is -0.348 e. The molecule has 1 saturated heterocycles. The van der Waals surface area contributed by atoms with Crippen molar-refractivity contribution in [3.63, 3.8) is 0 Å². The molecule has 112 valence electrons. The monoisotopic (exact) mass is 354 g/mol. The number of aromatic amines is 1. The van der Waals surface area contributed by atoms with Crippen LogP contribution >= 0.6 is 15.9 Å². The van der Waals surface area contributed by atoms with Crippen LogP contribution in [0.25, 0.3) is 0 Å². The molecule has 0 aromatic carbocycles. The van der Waals surface area contributed by atoms with Crippen molar-refractivity contribution in [3.05, 3.63) is 55.8 Å². The van der Waals surface area contributed by atoms with Crippen LogP contribution in [0.1, 0.15) is 12.5 Å². The molecule has 1 aromatic rings. The van der Waals surface area contributed by atoms with E-state index in [4.69, 9.17) is 9.47 Å². The summed E-state index contributed by atoms with van der Waals surface area (Å²) in [6.45, 7) is 4.62. The van der Waals surface area contributed by atoms with E-state index < -0.39 is 11.2 Å². The van der Waals surface area contributed by atoms with E-state index >= 15 is 0 Å². The van der Waals surface area contributed by atoms with Crippen LogP contribution in [-0.4, -0.2) is 29.1 Å². The van der Waals surface area contributed by atoms with Gasteiger partial charge in [0.25, 0.3) is 5.56 Å². The lowest BCUT2D eigenvalue weighted by Crippen LogP contribution is -2.31. The molecule has 6 nitrogen and oxygen atoms in total. The Balaban J connectivity index is 1.88. The van der Waals surface area contributed by atoms with Crippen LogP contribution in [0.2, 0.25) is 0 Å². The summed E-state index contributed by atoms with van der Waals surface area (Å²) in [6, 6.07) is -0.0932. The Morgan fingerprint density at radius 1 is 1.57 bits per heavy atom. The second-order valence-corrected chi connectivity index (χ2v) is 5.95. The van der Waals surface area contributed by atoms with E-state index in [0.29, 0.717) is 17.7 Å². The van der Waals surface area contributed by atoms with Crippen LogP contribution in [0.5, 0.6) is 0 Å². The molecule has 0 bridgehead atoms. The summed E-state index contributed by atoms with van der Waals surface area (Å²) >= 11 is 3.15. The number of allylic oxidation sites excluding steroid dienone is 1. The van der Waals surface area contributed by atoms with Crippen molar-refractivity contribution in [2.45, 2.75) is 18.8 Å². The Labute approximate surface area is 129 Å². The number of nitrogens with one attached hydrogen (secondary N) is 1. The van der Waals surface area contributed by atoms with Gasteiger partial charge in [-0.25, -0.2) is 4.79 Å². The van der Waals surface area contributed by atoms with Crippen LogP contribution in [0.3, 0.4) is 0 Å². The molecule has 2 heterocycles. The predicted molar refractivity (Wildman–Crippen MR) is 80.1 cm³/mol.